The largest absolute Gasteiger partial charge is 0.394 e. The highest BCUT2D eigenvalue weighted by Gasteiger charge is 2.59. The summed E-state index contributed by atoms with van der Waals surface area (Å²) in [6, 6.07) is 0.693. The van der Waals surface area contributed by atoms with Crippen LogP contribution in [0.5, 0.6) is 0 Å². The van der Waals surface area contributed by atoms with Crippen LogP contribution in [0.1, 0.15) is 79.1 Å². The molecule has 4 saturated carbocycles. The Morgan fingerprint density at radius 3 is 2.40 bits per heavy atom. The summed E-state index contributed by atoms with van der Waals surface area (Å²) in [6.07, 6.45) is 1.94. The Morgan fingerprint density at radius 2 is 1.69 bits per heavy atom. The molecule has 4 N–H and O–H groups in total. The number of hydrogen-bond acceptors (Lipinski definition) is 8. The Hall–Kier alpha value is -0.610. The first kappa shape index (κ1) is 31.4. The molecule has 0 bridgehead atoms. The van der Waals surface area contributed by atoms with E-state index in [1.165, 1.54) is 38.6 Å². The third-order valence-corrected chi connectivity index (χ3v) is 13.6. The van der Waals surface area contributed by atoms with Crippen molar-refractivity contribution >= 4 is 5.78 Å². The second kappa shape index (κ2) is 12.3. The summed E-state index contributed by atoms with van der Waals surface area (Å²) in [4.78, 5) is 16.4. The molecule has 0 aromatic heterocycles. The van der Waals surface area contributed by atoms with E-state index in [4.69, 9.17) is 9.47 Å². The van der Waals surface area contributed by atoms with Crippen LogP contribution in [-0.4, -0.2) is 94.2 Å². The molecule has 6 aliphatic rings. The van der Waals surface area contributed by atoms with Crippen molar-refractivity contribution in [3.05, 3.63) is 0 Å². The molecule has 8 heteroatoms. The first-order valence-electron chi connectivity index (χ1n) is 17.2. The fourth-order valence-corrected chi connectivity index (χ4v) is 11.6. The van der Waals surface area contributed by atoms with Gasteiger partial charge in [0.05, 0.1) is 12.7 Å². The zero-order valence-corrected chi connectivity index (χ0v) is 26.4. The molecule has 2 heterocycles. The number of nitrogens with zero attached hydrogens (tertiary/aromatic N) is 1. The van der Waals surface area contributed by atoms with Gasteiger partial charge in [0.15, 0.2) is 6.29 Å². The third kappa shape index (κ3) is 5.43. The molecule has 0 aromatic rings. The van der Waals surface area contributed by atoms with E-state index in [0.29, 0.717) is 66.1 Å². The first-order valence-corrected chi connectivity index (χ1v) is 17.2. The molecule has 18 unspecified atom stereocenters. The number of piperidine rings is 1. The predicted octanol–water partition coefficient (Wildman–Crippen LogP) is 3.09. The Labute approximate surface area is 252 Å². The molecule has 6 rings (SSSR count). The Morgan fingerprint density at radius 1 is 0.929 bits per heavy atom. The topological polar surface area (TPSA) is 120 Å². The zero-order chi connectivity index (χ0) is 30.0. The van der Waals surface area contributed by atoms with Crippen LogP contribution in [0.4, 0.5) is 0 Å². The predicted molar refractivity (Wildman–Crippen MR) is 158 cm³/mol. The van der Waals surface area contributed by atoms with Crippen molar-refractivity contribution in [1.82, 2.24) is 4.90 Å². The normalized spacial score (nSPS) is 54.1. The van der Waals surface area contributed by atoms with Gasteiger partial charge in [0.25, 0.3) is 0 Å². The maximum absolute atomic E-state index is 13.8. The van der Waals surface area contributed by atoms with E-state index in [1.807, 2.05) is 0 Å². The van der Waals surface area contributed by atoms with Crippen molar-refractivity contribution in [2.24, 2.45) is 65.1 Å². The number of carbonyl (C=O) groups excluding carboxylic acids is 1. The van der Waals surface area contributed by atoms with Gasteiger partial charge in [0, 0.05) is 24.9 Å². The van der Waals surface area contributed by atoms with Crippen molar-refractivity contribution in [2.75, 3.05) is 20.2 Å². The fraction of sp³-hybridized carbons (Fsp3) is 0.971. The van der Waals surface area contributed by atoms with Crippen molar-refractivity contribution in [3.8, 4) is 0 Å². The van der Waals surface area contributed by atoms with Crippen LogP contribution in [0.25, 0.3) is 0 Å². The zero-order valence-electron chi connectivity index (χ0n) is 26.4. The summed E-state index contributed by atoms with van der Waals surface area (Å²) in [5.41, 5.74) is 0. The number of likely N-dealkylation sites (tertiary alicyclic amines) is 1. The van der Waals surface area contributed by atoms with Crippen molar-refractivity contribution < 1.29 is 34.7 Å². The van der Waals surface area contributed by atoms with Gasteiger partial charge in [-0.3, -0.25) is 4.79 Å². The van der Waals surface area contributed by atoms with E-state index in [9.17, 15) is 25.2 Å². The molecular weight excluding hydrogens is 534 g/mol. The average Bonchev–Trinajstić information content (AvgIpc) is 3.32. The average molecular weight is 592 g/mol. The summed E-state index contributed by atoms with van der Waals surface area (Å²) in [7, 11) is 2.34. The number of aliphatic hydroxyl groups is 4. The van der Waals surface area contributed by atoms with Crippen LogP contribution in [0, 0.1) is 65.1 Å². The lowest BCUT2D eigenvalue weighted by molar-refractivity contribution is -0.315. The number of ketones is 1. The molecule has 2 saturated heterocycles. The lowest BCUT2D eigenvalue weighted by atomic mass is 9.56. The lowest BCUT2D eigenvalue weighted by Gasteiger charge is -2.50. The minimum Gasteiger partial charge on any atom is -0.394 e. The van der Waals surface area contributed by atoms with Crippen LogP contribution >= 0.6 is 0 Å². The van der Waals surface area contributed by atoms with Gasteiger partial charge in [-0.05, 0) is 111 Å². The number of hydrogen-bond donors (Lipinski definition) is 4. The SMILES string of the molecule is CC1CCC(C(C)C2CCC3C(CC4C3CC(=O)C3CC(OC5OC(CO)C(O)C(O)C5O)CC(C)C34)C2C)N(C)C1. The number of aliphatic hydroxyl groups excluding tert-OH is 4. The van der Waals surface area contributed by atoms with Gasteiger partial charge in [-0.1, -0.05) is 27.7 Å². The minimum absolute atomic E-state index is 0.0343. The third-order valence-electron chi connectivity index (χ3n) is 13.6. The summed E-state index contributed by atoms with van der Waals surface area (Å²) in [5, 5.41) is 40.5. The maximum Gasteiger partial charge on any atom is 0.186 e. The second-order valence-electron chi connectivity index (χ2n) is 15.8. The van der Waals surface area contributed by atoms with E-state index in [0.717, 1.165) is 24.2 Å². The molecule has 2 aliphatic heterocycles. The first-order chi connectivity index (χ1) is 20.0. The minimum atomic E-state index is -1.45. The van der Waals surface area contributed by atoms with Gasteiger partial charge >= 0.3 is 0 Å². The van der Waals surface area contributed by atoms with Crippen molar-refractivity contribution in [3.63, 3.8) is 0 Å². The number of Topliss-reactive ketones (excluding diaryl/α,β-unsaturated/α-hetero) is 1. The summed E-state index contributed by atoms with van der Waals surface area (Å²) in [6.45, 7) is 10.5. The van der Waals surface area contributed by atoms with Gasteiger partial charge in [0.2, 0.25) is 0 Å². The van der Waals surface area contributed by atoms with Gasteiger partial charge < -0.3 is 34.8 Å². The van der Waals surface area contributed by atoms with Gasteiger partial charge in [0.1, 0.15) is 30.2 Å². The van der Waals surface area contributed by atoms with Gasteiger partial charge in [-0.15, -0.1) is 0 Å². The van der Waals surface area contributed by atoms with Crippen LogP contribution < -0.4 is 0 Å². The van der Waals surface area contributed by atoms with Gasteiger partial charge in [-0.2, -0.15) is 0 Å². The summed E-state index contributed by atoms with van der Waals surface area (Å²) < 4.78 is 11.8. The van der Waals surface area contributed by atoms with Crippen molar-refractivity contribution in [1.29, 1.82) is 0 Å². The maximum atomic E-state index is 13.8. The van der Waals surface area contributed by atoms with Gasteiger partial charge in [-0.25, -0.2) is 0 Å². The van der Waals surface area contributed by atoms with E-state index < -0.39 is 37.3 Å². The molecule has 8 nitrogen and oxygen atoms in total. The molecule has 0 amide bonds. The molecule has 42 heavy (non-hydrogen) atoms. The van der Waals surface area contributed by atoms with E-state index >= 15 is 0 Å². The highest BCUT2D eigenvalue weighted by Crippen LogP contribution is 2.62. The molecule has 0 radical (unpaired) electrons. The number of ether oxygens (including phenoxy) is 2. The standard InChI is InChI=1S/C34H57NO7/c1-16-6-9-27(35(5)14-16)19(4)21-7-8-22-23(18(21)3)12-25-24(22)13-28(37)26-11-20(10-17(2)30(25)26)41-34-33(40)32(39)31(38)29(15-36)42-34/h16-27,29-34,36,38-40H,6-15H2,1-5H3. The molecular formula is C34H57NO7. The lowest BCUT2D eigenvalue weighted by Crippen LogP contribution is -2.60. The molecule has 18 atom stereocenters. The monoisotopic (exact) mass is 591 g/mol. The fourth-order valence-electron chi connectivity index (χ4n) is 11.6. The molecule has 4 aliphatic carbocycles. The van der Waals surface area contributed by atoms with E-state index in [2.05, 4.69) is 39.6 Å². The highest BCUT2D eigenvalue weighted by atomic mass is 16.7. The van der Waals surface area contributed by atoms with E-state index in [-0.39, 0.29) is 12.0 Å². The van der Waals surface area contributed by atoms with Crippen LogP contribution in [0.15, 0.2) is 0 Å². The second-order valence-corrected chi connectivity index (χ2v) is 15.8. The number of fused-ring (bicyclic) bond motifs is 5. The highest BCUT2D eigenvalue weighted by molar-refractivity contribution is 5.83. The van der Waals surface area contributed by atoms with Crippen molar-refractivity contribution in [2.45, 2.75) is 122 Å². The summed E-state index contributed by atoms with van der Waals surface area (Å²) >= 11 is 0. The molecule has 0 spiro atoms. The Bertz CT molecular complexity index is 962. The van der Waals surface area contributed by atoms with Crippen LogP contribution in [0.2, 0.25) is 0 Å². The number of rotatable bonds is 5. The Kier molecular flexibility index (Phi) is 9.19. The Balaban J connectivity index is 1.12. The van der Waals surface area contributed by atoms with Crippen LogP contribution in [0.3, 0.4) is 0 Å². The number of carbonyl (C=O) groups is 1. The van der Waals surface area contributed by atoms with E-state index in [1.54, 1.807) is 0 Å². The smallest absolute Gasteiger partial charge is 0.186 e. The molecule has 0 aromatic carbocycles. The molecule has 6 fully saturated rings. The quantitative estimate of drug-likeness (QED) is 0.360. The molecule has 240 valence electrons. The van der Waals surface area contributed by atoms with Crippen LogP contribution in [-0.2, 0) is 14.3 Å². The summed E-state index contributed by atoms with van der Waals surface area (Å²) in [5.74, 6) is 6.54.